The van der Waals surface area contributed by atoms with E-state index < -0.39 is 11.7 Å². The second kappa shape index (κ2) is 7.90. The van der Waals surface area contributed by atoms with Crippen molar-refractivity contribution >= 4 is 17.3 Å². The Morgan fingerprint density at radius 1 is 0.926 bits per heavy atom. The molecule has 0 aliphatic carbocycles. The summed E-state index contributed by atoms with van der Waals surface area (Å²) in [5, 5.41) is 5.79. The van der Waals surface area contributed by atoms with E-state index in [-0.39, 0.29) is 12.5 Å². The van der Waals surface area contributed by atoms with Gasteiger partial charge < -0.3 is 10.6 Å². The minimum atomic E-state index is -4.41. The number of alkyl halides is 3. The van der Waals surface area contributed by atoms with Crippen molar-refractivity contribution in [2.24, 2.45) is 0 Å². The lowest BCUT2D eigenvalue weighted by atomic mass is 10.1. The number of nitrogens with one attached hydrogen (secondary N) is 2. The van der Waals surface area contributed by atoms with E-state index in [4.69, 9.17) is 0 Å². The topological polar surface area (TPSA) is 54.0 Å². The number of hydrogen-bond acceptors (Lipinski definition) is 3. The van der Waals surface area contributed by atoms with Gasteiger partial charge in [0.05, 0.1) is 5.56 Å². The average molecular weight is 371 g/mol. The third-order valence-electron chi connectivity index (χ3n) is 3.80. The molecule has 3 rings (SSSR count). The zero-order valence-electron chi connectivity index (χ0n) is 14.1. The van der Waals surface area contributed by atoms with Crippen LogP contribution in [0.2, 0.25) is 0 Å². The molecular weight excluding hydrogens is 355 g/mol. The number of nitrogens with zero attached hydrogens (tertiary/aromatic N) is 1. The van der Waals surface area contributed by atoms with E-state index >= 15 is 0 Å². The van der Waals surface area contributed by atoms with Crippen LogP contribution in [-0.2, 0) is 12.7 Å². The average Bonchev–Trinajstić information content (AvgIpc) is 2.67. The molecule has 1 amide bonds. The van der Waals surface area contributed by atoms with Gasteiger partial charge in [-0.3, -0.25) is 9.78 Å². The highest BCUT2D eigenvalue weighted by atomic mass is 19.4. The number of rotatable bonds is 5. The number of hydrogen-bond donors (Lipinski definition) is 2. The third kappa shape index (κ3) is 5.07. The molecule has 0 unspecified atom stereocenters. The van der Waals surface area contributed by atoms with Crippen LogP contribution in [0, 0.1) is 0 Å². The van der Waals surface area contributed by atoms with E-state index in [1.165, 1.54) is 12.1 Å². The molecule has 0 atom stereocenters. The fourth-order valence-corrected chi connectivity index (χ4v) is 2.48. The molecule has 0 fully saturated rings. The van der Waals surface area contributed by atoms with E-state index in [0.717, 1.165) is 17.8 Å². The fourth-order valence-electron chi connectivity index (χ4n) is 2.48. The molecule has 3 aromatic rings. The summed E-state index contributed by atoms with van der Waals surface area (Å²) >= 11 is 0. The largest absolute Gasteiger partial charge is 0.416 e. The van der Waals surface area contributed by atoms with Gasteiger partial charge in [0.15, 0.2) is 0 Å². The number of halogens is 3. The zero-order valence-corrected chi connectivity index (χ0v) is 14.1. The van der Waals surface area contributed by atoms with E-state index in [1.54, 1.807) is 42.7 Å². The van der Waals surface area contributed by atoms with Crippen LogP contribution >= 0.6 is 0 Å². The van der Waals surface area contributed by atoms with Crippen LogP contribution in [0.15, 0.2) is 73.1 Å². The maximum Gasteiger partial charge on any atom is 0.416 e. The van der Waals surface area contributed by atoms with Gasteiger partial charge in [-0.15, -0.1) is 0 Å². The second-order valence-corrected chi connectivity index (χ2v) is 5.82. The van der Waals surface area contributed by atoms with Crippen molar-refractivity contribution < 1.29 is 18.0 Å². The Morgan fingerprint density at radius 3 is 2.41 bits per heavy atom. The molecule has 7 heteroatoms. The highest BCUT2D eigenvalue weighted by Gasteiger charge is 2.30. The van der Waals surface area contributed by atoms with Gasteiger partial charge in [0.1, 0.15) is 0 Å². The maximum absolute atomic E-state index is 12.8. The van der Waals surface area contributed by atoms with Gasteiger partial charge in [-0.1, -0.05) is 18.2 Å². The molecule has 138 valence electrons. The van der Waals surface area contributed by atoms with Gasteiger partial charge in [-0.05, 0) is 48.0 Å². The Kier molecular flexibility index (Phi) is 5.40. The first-order valence-corrected chi connectivity index (χ1v) is 8.13. The van der Waals surface area contributed by atoms with Crippen LogP contribution in [-0.4, -0.2) is 10.9 Å². The standard InChI is InChI=1S/C20H16F3N3O/c21-20(22,23)16-5-1-3-14(11-16)13-25-19(27)15-4-2-6-18(12-15)26-17-7-9-24-10-8-17/h1-12H,13H2,(H,24,26)(H,25,27). The summed E-state index contributed by atoms with van der Waals surface area (Å²) in [6.07, 6.45) is -1.12. The van der Waals surface area contributed by atoms with Crippen molar-refractivity contribution in [1.29, 1.82) is 0 Å². The molecule has 27 heavy (non-hydrogen) atoms. The first kappa shape index (κ1) is 18.4. The van der Waals surface area contributed by atoms with Crippen molar-refractivity contribution in [2.75, 3.05) is 5.32 Å². The number of amides is 1. The molecule has 2 aromatic carbocycles. The number of anilines is 2. The number of carbonyl (C=O) groups is 1. The fraction of sp³-hybridized carbons (Fsp3) is 0.100. The minimum Gasteiger partial charge on any atom is -0.355 e. The van der Waals surface area contributed by atoms with Gasteiger partial charge in [0.2, 0.25) is 0 Å². The highest BCUT2D eigenvalue weighted by molar-refractivity contribution is 5.95. The molecule has 0 bridgehead atoms. The summed E-state index contributed by atoms with van der Waals surface area (Å²) in [7, 11) is 0. The molecule has 4 nitrogen and oxygen atoms in total. The van der Waals surface area contributed by atoms with E-state index in [0.29, 0.717) is 16.8 Å². The van der Waals surface area contributed by atoms with E-state index in [9.17, 15) is 18.0 Å². The van der Waals surface area contributed by atoms with Crippen molar-refractivity contribution in [1.82, 2.24) is 10.3 Å². The van der Waals surface area contributed by atoms with Gasteiger partial charge in [-0.2, -0.15) is 13.2 Å². The third-order valence-corrected chi connectivity index (χ3v) is 3.80. The predicted molar refractivity (Wildman–Crippen MR) is 96.6 cm³/mol. The molecule has 0 spiro atoms. The molecule has 1 aromatic heterocycles. The number of aromatic nitrogens is 1. The van der Waals surface area contributed by atoms with Gasteiger partial charge in [-0.25, -0.2) is 0 Å². The summed E-state index contributed by atoms with van der Waals surface area (Å²) < 4.78 is 38.3. The normalized spacial score (nSPS) is 11.1. The summed E-state index contributed by atoms with van der Waals surface area (Å²) in [6, 6.07) is 15.3. The minimum absolute atomic E-state index is 0.00473. The summed E-state index contributed by atoms with van der Waals surface area (Å²) in [6.45, 7) is 0.00473. The number of benzene rings is 2. The lowest BCUT2D eigenvalue weighted by Crippen LogP contribution is -2.23. The predicted octanol–water partition coefficient (Wildman–Crippen LogP) is 4.77. The lowest BCUT2D eigenvalue weighted by molar-refractivity contribution is -0.137. The Hall–Kier alpha value is -3.35. The van der Waals surface area contributed by atoms with Crippen LogP contribution in [0.5, 0.6) is 0 Å². The lowest BCUT2D eigenvalue weighted by Gasteiger charge is -2.11. The molecule has 0 saturated carbocycles. The van der Waals surface area contributed by atoms with E-state index in [2.05, 4.69) is 15.6 Å². The smallest absolute Gasteiger partial charge is 0.355 e. The van der Waals surface area contributed by atoms with Crippen LogP contribution < -0.4 is 10.6 Å². The Labute approximate surface area is 154 Å². The Balaban J connectivity index is 1.66. The molecule has 1 heterocycles. The van der Waals surface area contributed by atoms with E-state index in [1.807, 2.05) is 6.07 Å². The van der Waals surface area contributed by atoms with Crippen molar-refractivity contribution in [2.45, 2.75) is 12.7 Å². The molecule has 2 N–H and O–H groups in total. The summed E-state index contributed by atoms with van der Waals surface area (Å²) in [4.78, 5) is 16.3. The van der Waals surface area contributed by atoms with Gasteiger partial charge in [0.25, 0.3) is 5.91 Å². The number of carbonyl (C=O) groups excluding carboxylic acids is 1. The number of pyridine rings is 1. The molecule has 0 aliphatic heterocycles. The molecule has 0 saturated heterocycles. The summed E-state index contributed by atoms with van der Waals surface area (Å²) in [5.41, 5.74) is 1.59. The second-order valence-electron chi connectivity index (χ2n) is 5.82. The van der Waals surface area contributed by atoms with Crippen molar-refractivity contribution in [3.8, 4) is 0 Å². The first-order valence-electron chi connectivity index (χ1n) is 8.13. The van der Waals surface area contributed by atoms with Crippen LogP contribution in [0.3, 0.4) is 0 Å². The zero-order chi connectivity index (χ0) is 19.3. The first-order chi connectivity index (χ1) is 12.9. The molecule has 0 radical (unpaired) electrons. The van der Waals surface area contributed by atoms with Crippen molar-refractivity contribution in [3.63, 3.8) is 0 Å². The Morgan fingerprint density at radius 2 is 1.67 bits per heavy atom. The van der Waals surface area contributed by atoms with Crippen LogP contribution in [0.25, 0.3) is 0 Å². The SMILES string of the molecule is O=C(NCc1cccc(C(F)(F)F)c1)c1cccc(Nc2ccncc2)c1. The van der Waals surface area contributed by atoms with Crippen LogP contribution in [0.1, 0.15) is 21.5 Å². The molecule has 0 aliphatic rings. The molecular formula is C20H16F3N3O. The van der Waals surface area contributed by atoms with Crippen molar-refractivity contribution in [3.05, 3.63) is 89.7 Å². The Bertz CT molecular complexity index is 927. The maximum atomic E-state index is 12.8. The highest BCUT2D eigenvalue weighted by Crippen LogP contribution is 2.29. The van der Waals surface area contributed by atoms with Gasteiger partial charge >= 0.3 is 6.18 Å². The van der Waals surface area contributed by atoms with Crippen LogP contribution in [0.4, 0.5) is 24.5 Å². The quantitative estimate of drug-likeness (QED) is 0.679. The van der Waals surface area contributed by atoms with Gasteiger partial charge in [0, 0.05) is 35.9 Å². The summed E-state index contributed by atoms with van der Waals surface area (Å²) in [5.74, 6) is -0.370. The monoisotopic (exact) mass is 371 g/mol.